The molecule has 2 heterocycles. The molecule has 0 radical (unpaired) electrons. The van der Waals surface area contributed by atoms with Crippen molar-refractivity contribution in [3.05, 3.63) is 93.0 Å². The minimum atomic E-state index is -0.117. The van der Waals surface area contributed by atoms with Crippen LogP contribution >= 0.6 is 22.9 Å². The van der Waals surface area contributed by atoms with E-state index in [-0.39, 0.29) is 12.1 Å². The number of nitrogens with one attached hydrogen (secondary N) is 1. The van der Waals surface area contributed by atoms with Crippen LogP contribution in [0.5, 0.6) is 0 Å². The van der Waals surface area contributed by atoms with Gasteiger partial charge in [-0.3, -0.25) is 5.32 Å². The lowest BCUT2D eigenvalue weighted by molar-refractivity contribution is 0.405. The third-order valence-electron chi connectivity index (χ3n) is 4.54. The Bertz CT molecular complexity index is 1040. The van der Waals surface area contributed by atoms with Gasteiger partial charge in [0.05, 0.1) is 12.1 Å². The molecule has 1 N–H and O–H groups in total. The summed E-state index contributed by atoms with van der Waals surface area (Å²) in [5.41, 5.74) is 3.26. The molecule has 142 valence electrons. The number of halogens is 1. The Morgan fingerprint density at radius 1 is 1.04 bits per heavy atom. The molecule has 0 spiro atoms. The van der Waals surface area contributed by atoms with Crippen molar-refractivity contribution in [2.75, 3.05) is 0 Å². The molecular formula is C22H20ClN3OS. The van der Waals surface area contributed by atoms with Gasteiger partial charge in [-0.2, -0.15) is 0 Å². The maximum atomic E-state index is 6.07. The fourth-order valence-corrected chi connectivity index (χ4v) is 4.03. The van der Waals surface area contributed by atoms with Crippen molar-refractivity contribution in [3.63, 3.8) is 0 Å². The molecule has 0 bridgehead atoms. The number of benzene rings is 2. The van der Waals surface area contributed by atoms with E-state index < -0.39 is 0 Å². The zero-order chi connectivity index (χ0) is 19.5. The molecule has 0 unspecified atom stereocenters. The van der Waals surface area contributed by atoms with Gasteiger partial charge in [-0.15, -0.1) is 21.5 Å². The van der Waals surface area contributed by atoms with E-state index in [1.807, 2.05) is 31.2 Å². The summed E-state index contributed by atoms with van der Waals surface area (Å²) in [5, 5.41) is 14.8. The van der Waals surface area contributed by atoms with E-state index in [0.717, 1.165) is 5.56 Å². The lowest BCUT2D eigenvalue weighted by Gasteiger charge is -2.21. The fourth-order valence-electron chi connectivity index (χ4n) is 3.03. The Morgan fingerprint density at radius 3 is 2.57 bits per heavy atom. The number of thiophene rings is 1. The zero-order valence-electron chi connectivity index (χ0n) is 15.6. The highest BCUT2D eigenvalue weighted by Crippen LogP contribution is 2.30. The molecular weight excluding hydrogens is 390 g/mol. The number of hydrogen-bond acceptors (Lipinski definition) is 5. The first kappa shape index (κ1) is 18.9. The van der Waals surface area contributed by atoms with Crippen LogP contribution in [0.15, 0.2) is 70.5 Å². The van der Waals surface area contributed by atoms with Gasteiger partial charge in [0, 0.05) is 15.5 Å². The Labute approximate surface area is 173 Å². The first-order valence-electron chi connectivity index (χ1n) is 9.05. The van der Waals surface area contributed by atoms with Crippen LogP contribution < -0.4 is 5.32 Å². The molecule has 4 nitrogen and oxygen atoms in total. The van der Waals surface area contributed by atoms with E-state index in [4.69, 9.17) is 16.0 Å². The van der Waals surface area contributed by atoms with Crippen LogP contribution in [0.25, 0.3) is 11.5 Å². The van der Waals surface area contributed by atoms with Crippen molar-refractivity contribution in [2.24, 2.45) is 0 Å². The molecule has 0 aliphatic heterocycles. The van der Waals surface area contributed by atoms with E-state index in [1.54, 1.807) is 11.3 Å². The van der Waals surface area contributed by atoms with Crippen molar-refractivity contribution < 1.29 is 4.42 Å². The summed E-state index contributed by atoms with van der Waals surface area (Å²) in [7, 11) is 0. The molecule has 0 amide bonds. The van der Waals surface area contributed by atoms with E-state index in [0.29, 0.717) is 16.8 Å². The van der Waals surface area contributed by atoms with E-state index in [2.05, 4.69) is 64.2 Å². The smallest absolute Gasteiger partial charge is 0.247 e. The summed E-state index contributed by atoms with van der Waals surface area (Å²) in [5.74, 6) is 1.01. The number of aromatic nitrogens is 2. The lowest BCUT2D eigenvalue weighted by atomic mass is 10.0. The molecule has 28 heavy (non-hydrogen) atoms. The van der Waals surface area contributed by atoms with Crippen molar-refractivity contribution in [3.8, 4) is 11.5 Å². The molecule has 0 saturated heterocycles. The quantitative estimate of drug-likeness (QED) is 0.412. The van der Waals surface area contributed by atoms with Gasteiger partial charge >= 0.3 is 0 Å². The maximum Gasteiger partial charge on any atom is 0.247 e. The highest BCUT2D eigenvalue weighted by atomic mass is 35.5. The van der Waals surface area contributed by atoms with Gasteiger partial charge in [-0.25, -0.2) is 0 Å². The standard InChI is InChI=1S/C22H20ClN3OS/c1-14-8-10-16(11-9-14)20(19-7-4-12-28-19)24-15(2)21-25-26-22(27-21)17-5-3-6-18(23)13-17/h3-13,15,20,24H,1-2H3/t15-,20+/m1/s1. The first-order valence-corrected chi connectivity index (χ1v) is 10.3. The van der Waals surface area contributed by atoms with Crippen molar-refractivity contribution >= 4 is 22.9 Å². The normalized spacial score (nSPS) is 13.4. The first-order chi connectivity index (χ1) is 13.6. The average Bonchev–Trinajstić information content (AvgIpc) is 3.39. The molecule has 4 aromatic rings. The summed E-state index contributed by atoms with van der Waals surface area (Å²) in [6, 6.07) is 20.1. The number of nitrogens with zero attached hydrogens (tertiary/aromatic N) is 2. The predicted octanol–water partition coefficient (Wildman–Crippen LogP) is 6.20. The topological polar surface area (TPSA) is 51.0 Å². The molecule has 4 rings (SSSR count). The highest BCUT2D eigenvalue weighted by molar-refractivity contribution is 7.10. The van der Waals surface area contributed by atoms with Gasteiger partial charge in [0.2, 0.25) is 11.8 Å². The second kappa shape index (κ2) is 8.27. The number of rotatable bonds is 6. The van der Waals surface area contributed by atoms with Gasteiger partial charge in [0.1, 0.15) is 0 Å². The molecule has 6 heteroatoms. The summed E-state index contributed by atoms with van der Waals surface area (Å²) in [6.45, 7) is 4.12. The third-order valence-corrected chi connectivity index (χ3v) is 5.71. The SMILES string of the molecule is Cc1ccc([C@H](N[C@H](C)c2nnc(-c3cccc(Cl)c3)o2)c2cccs2)cc1. The maximum absolute atomic E-state index is 6.07. The molecule has 0 saturated carbocycles. The molecule has 0 aliphatic carbocycles. The van der Waals surface area contributed by atoms with E-state index in [1.165, 1.54) is 16.0 Å². The zero-order valence-corrected chi connectivity index (χ0v) is 17.2. The van der Waals surface area contributed by atoms with Gasteiger partial charge in [0.15, 0.2) is 0 Å². The number of aryl methyl sites for hydroxylation is 1. The summed E-state index contributed by atoms with van der Waals surface area (Å²) in [6.07, 6.45) is 0. The fraction of sp³-hybridized carbons (Fsp3) is 0.182. The van der Waals surface area contributed by atoms with Crippen LogP contribution in [0, 0.1) is 6.92 Å². The van der Waals surface area contributed by atoms with Gasteiger partial charge in [-0.05, 0) is 49.1 Å². The van der Waals surface area contributed by atoms with Crippen LogP contribution in [0.3, 0.4) is 0 Å². The Kier molecular flexibility index (Phi) is 5.57. The minimum Gasteiger partial charge on any atom is -0.419 e. The van der Waals surface area contributed by atoms with Crippen LogP contribution in [0.2, 0.25) is 5.02 Å². The molecule has 2 atom stereocenters. The second-order valence-corrected chi connectivity index (χ2v) is 8.12. The monoisotopic (exact) mass is 409 g/mol. The third kappa shape index (κ3) is 4.17. The average molecular weight is 410 g/mol. The van der Waals surface area contributed by atoms with Crippen molar-refractivity contribution in [2.45, 2.75) is 25.9 Å². The van der Waals surface area contributed by atoms with Crippen LogP contribution in [0.1, 0.15) is 40.9 Å². The predicted molar refractivity (Wildman–Crippen MR) is 114 cm³/mol. The summed E-state index contributed by atoms with van der Waals surface area (Å²) >= 11 is 7.79. The second-order valence-electron chi connectivity index (χ2n) is 6.70. The summed E-state index contributed by atoms with van der Waals surface area (Å²) < 4.78 is 5.92. The largest absolute Gasteiger partial charge is 0.419 e. The minimum absolute atomic E-state index is 0.0529. The Hall–Kier alpha value is -2.47. The van der Waals surface area contributed by atoms with Gasteiger partial charge < -0.3 is 4.42 Å². The van der Waals surface area contributed by atoms with Crippen LogP contribution in [-0.4, -0.2) is 10.2 Å². The Morgan fingerprint density at radius 2 is 1.86 bits per heavy atom. The summed E-state index contributed by atoms with van der Waals surface area (Å²) in [4.78, 5) is 1.24. The van der Waals surface area contributed by atoms with E-state index in [9.17, 15) is 0 Å². The highest BCUT2D eigenvalue weighted by Gasteiger charge is 2.22. The van der Waals surface area contributed by atoms with Crippen LogP contribution in [0.4, 0.5) is 0 Å². The van der Waals surface area contributed by atoms with Gasteiger partial charge in [-0.1, -0.05) is 53.6 Å². The molecule has 0 fully saturated rings. The molecule has 2 aromatic carbocycles. The van der Waals surface area contributed by atoms with Crippen molar-refractivity contribution in [1.82, 2.24) is 15.5 Å². The van der Waals surface area contributed by atoms with Crippen LogP contribution in [-0.2, 0) is 0 Å². The molecule has 2 aromatic heterocycles. The van der Waals surface area contributed by atoms with E-state index >= 15 is 0 Å². The lowest BCUT2D eigenvalue weighted by Crippen LogP contribution is -2.25. The van der Waals surface area contributed by atoms with Crippen molar-refractivity contribution in [1.29, 1.82) is 0 Å². The molecule has 0 aliphatic rings. The van der Waals surface area contributed by atoms with Gasteiger partial charge in [0.25, 0.3) is 0 Å². The number of hydrogen-bond donors (Lipinski definition) is 1. The Balaban J connectivity index is 1.58.